The molecule has 0 bridgehead atoms. The summed E-state index contributed by atoms with van der Waals surface area (Å²) in [4.78, 5) is 24.1. The van der Waals surface area contributed by atoms with Gasteiger partial charge in [-0.1, -0.05) is 18.2 Å². The number of aryl methyl sites for hydroxylation is 1. The highest BCUT2D eigenvalue weighted by Gasteiger charge is 2.19. The van der Waals surface area contributed by atoms with Gasteiger partial charge in [0.2, 0.25) is 0 Å². The Bertz CT molecular complexity index is 635. The number of methoxy groups -OCH3 is 1. The lowest BCUT2D eigenvalue weighted by Gasteiger charge is -2.06. The summed E-state index contributed by atoms with van der Waals surface area (Å²) >= 11 is 0. The SMILES string of the molecule is COC(=O)c1ccccc1C(=O)c1ccc[n+](C)c1. The molecule has 1 heterocycles. The van der Waals surface area contributed by atoms with E-state index in [4.69, 9.17) is 4.74 Å². The molecule has 4 nitrogen and oxygen atoms in total. The van der Waals surface area contributed by atoms with E-state index in [2.05, 4.69) is 0 Å². The largest absolute Gasteiger partial charge is 0.465 e. The number of ether oxygens (including phenoxy) is 1. The highest BCUT2D eigenvalue weighted by atomic mass is 16.5. The number of carbonyl (C=O) groups excluding carboxylic acids is 2. The third-order valence-electron chi connectivity index (χ3n) is 2.78. The van der Waals surface area contributed by atoms with Crippen LogP contribution in [0.3, 0.4) is 0 Å². The van der Waals surface area contributed by atoms with Crippen molar-refractivity contribution in [1.29, 1.82) is 0 Å². The minimum Gasteiger partial charge on any atom is -0.465 e. The second-order valence-electron chi connectivity index (χ2n) is 4.12. The summed E-state index contributed by atoms with van der Waals surface area (Å²) < 4.78 is 6.48. The van der Waals surface area contributed by atoms with Crippen LogP contribution in [0.5, 0.6) is 0 Å². The average Bonchev–Trinajstić information content (AvgIpc) is 2.45. The summed E-state index contributed by atoms with van der Waals surface area (Å²) in [6, 6.07) is 10.1. The number of carbonyl (C=O) groups is 2. The summed E-state index contributed by atoms with van der Waals surface area (Å²) in [5, 5.41) is 0. The van der Waals surface area contributed by atoms with E-state index < -0.39 is 5.97 Å². The Morgan fingerprint density at radius 2 is 1.74 bits per heavy atom. The van der Waals surface area contributed by atoms with Crippen molar-refractivity contribution in [3.05, 3.63) is 65.5 Å². The molecule has 0 saturated carbocycles. The number of pyridine rings is 1. The van der Waals surface area contributed by atoms with Crippen molar-refractivity contribution in [2.75, 3.05) is 7.11 Å². The molecule has 0 radical (unpaired) electrons. The first-order valence-electron chi connectivity index (χ1n) is 5.81. The van der Waals surface area contributed by atoms with Crippen molar-refractivity contribution in [3.63, 3.8) is 0 Å². The van der Waals surface area contributed by atoms with Gasteiger partial charge in [-0.05, 0) is 12.1 Å². The summed E-state index contributed by atoms with van der Waals surface area (Å²) in [6.45, 7) is 0. The van der Waals surface area contributed by atoms with Gasteiger partial charge in [-0.15, -0.1) is 0 Å². The van der Waals surface area contributed by atoms with Crippen molar-refractivity contribution in [2.45, 2.75) is 0 Å². The van der Waals surface area contributed by atoms with Crippen LogP contribution < -0.4 is 4.57 Å². The topological polar surface area (TPSA) is 47.3 Å². The molecule has 0 N–H and O–H groups in total. The van der Waals surface area contributed by atoms with Crippen LogP contribution in [0.1, 0.15) is 26.3 Å². The fourth-order valence-corrected chi connectivity index (χ4v) is 1.85. The quantitative estimate of drug-likeness (QED) is 0.475. The van der Waals surface area contributed by atoms with Crippen molar-refractivity contribution in [2.24, 2.45) is 7.05 Å². The summed E-state index contributed by atoms with van der Waals surface area (Å²) in [5.41, 5.74) is 1.16. The number of aromatic nitrogens is 1. The lowest BCUT2D eigenvalue weighted by molar-refractivity contribution is -0.671. The first kappa shape index (κ1) is 13.0. The van der Waals surface area contributed by atoms with Gasteiger partial charge < -0.3 is 4.74 Å². The van der Waals surface area contributed by atoms with Gasteiger partial charge >= 0.3 is 5.97 Å². The molecule has 96 valence electrons. The van der Waals surface area contributed by atoms with Crippen molar-refractivity contribution < 1.29 is 18.9 Å². The van der Waals surface area contributed by atoms with Crippen LogP contribution in [0.2, 0.25) is 0 Å². The molecule has 1 aromatic carbocycles. The zero-order chi connectivity index (χ0) is 13.8. The van der Waals surface area contributed by atoms with Crippen LogP contribution >= 0.6 is 0 Å². The molecule has 0 saturated heterocycles. The van der Waals surface area contributed by atoms with Gasteiger partial charge in [-0.2, -0.15) is 0 Å². The van der Waals surface area contributed by atoms with Crippen LogP contribution in [0.4, 0.5) is 0 Å². The molecule has 4 heteroatoms. The van der Waals surface area contributed by atoms with E-state index in [1.54, 1.807) is 47.2 Å². The summed E-state index contributed by atoms with van der Waals surface area (Å²) in [6.07, 6.45) is 3.55. The normalized spacial score (nSPS) is 10.0. The predicted octanol–water partition coefficient (Wildman–Crippen LogP) is 1.53. The van der Waals surface area contributed by atoms with Gasteiger partial charge in [0, 0.05) is 11.6 Å². The number of hydrogen-bond acceptors (Lipinski definition) is 3. The van der Waals surface area contributed by atoms with Crippen LogP contribution in [0, 0.1) is 0 Å². The van der Waals surface area contributed by atoms with Gasteiger partial charge in [0.25, 0.3) is 0 Å². The third kappa shape index (κ3) is 2.68. The first-order valence-corrected chi connectivity index (χ1v) is 5.81. The van der Waals surface area contributed by atoms with E-state index in [1.165, 1.54) is 7.11 Å². The highest BCUT2D eigenvalue weighted by Crippen LogP contribution is 2.14. The molecule has 0 amide bonds. The Labute approximate surface area is 111 Å². The molecule has 0 unspecified atom stereocenters. The van der Waals surface area contributed by atoms with Crippen LogP contribution in [0.25, 0.3) is 0 Å². The van der Waals surface area contributed by atoms with Crippen molar-refractivity contribution >= 4 is 11.8 Å². The maximum absolute atomic E-state index is 12.4. The monoisotopic (exact) mass is 256 g/mol. The molecule has 19 heavy (non-hydrogen) atoms. The molecule has 0 aliphatic rings. The van der Waals surface area contributed by atoms with Crippen LogP contribution in [-0.4, -0.2) is 18.9 Å². The molecular weight excluding hydrogens is 242 g/mol. The van der Waals surface area contributed by atoms with E-state index >= 15 is 0 Å². The second kappa shape index (κ2) is 5.44. The maximum Gasteiger partial charge on any atom is 0.338 e. The van der Waals surface area contributed by atoms with Crippen molar-refractivity contribution in [3.8, 4) is 0 Å². The first-order chi connectivity index (χ1) is 9.13. The molecular formula is C15H14NO3+. The Morgan fingerprint density at radius 1 is 1.05 bits per heavy atom. The number of ketones is 1. The minimum absolute atomic E-state index is 0.197. The molecule has 0 atom stereocenters. The third-order valence-corrected chi connectivity index (χ3v) is 2.78. The van der Waals surface area contributed by atoms with Crippen LogP contribution in [-0.2, 0) is 11.8 Å². The predicted molar refractivity (Wildman–Crippen MR) is 68.8 cm³/mol. The Kier molecular flexibility index (Phi) is 3.71. The minimum atomic E-state index is -0.510. The highest BCUT2D eigenvalue weighted by molar-refractivity contribution is 6.14. The number of hydrogen-bond donors (Lipinski definition) is 0. The second-order valence-corrected chi connectivity index (χ2v) is 4.12. The number of benzene rings is 1. The lowest BCUT2D eigenvalue weighted by Crippen LogP contribution is -2.28. The fourth-order valence-electron chi connectivity index (χ4n) is 1.85. The maximum atomic E-state index is 12.4. The number of rotatable bonds is 3. The fraction of sp³-hybridized carbons (Fsp3) is 0.133. The zero-order valence-corrected chi connectivity index (χ0v) is 10.8. The Hall–Kier alpha value is -2.49. The number of esters is 1. The van der Waals surface area contributed by atoms with Gasteiger partial charge in [-0.3, -0.25) is 4.79 Å². The molecule has 2 aromatic rings. The van der Waals surface area contributed by atoms with Gasteiger partial charge in [0.15, 0.2) is 18.2 Å². The zero-order valence-electron chi connectivity index (χ0n) is 10.8. The molecule has 0 fully saturated rings. The van der Waals surface area contributed by atoms with E-state index in [1.807, 2.05) is 13.2 Å². The number of nitrogens with zero attached hydrogens (tertiary/aromatic N) is 1. The molecule has 2 rings (SSSR count). The molecule has 0 aliphatic heterocycles. The Morgan fingerprint density at radius 3 is 2.37 bits per heavy atom. The molecule has 0 aliphatic carbocycles. The van der Waals surface area contributed by atoms with E-state index in [-0.39, 0.29) is 11.3 Å². The smallest absolute Gasteiger partial charge is 0.338 e. The molecule has 0 spiro atoms. The van der Waals surface area contributed by atoms with Crippen LogP contribution in [0.15, 0.2) is 48.8 Å². The van der Waals surface area contributed by atoms with Gasteiger partial charge in [0.05, 0.1) is 18.2 Å². The summed E-state index contributed by atoms with van der Waals surface area (Å²) in [5.74, 6) is -0.707. The average molecular weight is 256 g/mol. The van der Waals surface area contributed by atoms with Crippen molar-refractivity contribution in [1.82, 2.24) is 0 Å². The Balaban J connectivity index is 2.47. The van der Waals surface area contributed by atoms with E-state index in [0.29, 0.717) is 11.1 Å². The van der Waals surface area contributed by atoms with E-state index in [9.17, 15) is 9.59 Å². The summed E-state index contributed by atoms with van der Waals surface area (Å²) in [7, 11) is 3.13. The van der Waals surface area contributed by atoms with E-state index in [0.717, 1.165) is 0 Å². The van der Waals surface area contributed by atoms with Gasteiger partial charge in [0.1, 0.15) is 7.05 Å². The lowest BCUT2D eigenvalue weighted by atomic mass is 9.99. The molecule has 1 aromatic heterocycles. The standard InChI is InChI=1S/C15H14NO3/c1-16-9-5-6-11(10-16)14(17)12-7-3-4-8-13(12)15(18)19-2/h3-10H,1-2H3/q+1. The van der Waals surface area contributed by atoms with Gasteiger partial charge in [-0.25, -0.2) is 9.36 Å².